The zero-order valence-electron chi connectivity index (χ0n) is 12.4. The molecule has 0 unspecified atom stereocenters. The summed E-state index contributed by atoms with van der Waals surface area (Å²) < 4.78 is 4.83. The Morgan fingerprint density at radius 3 is 2.59 bits per heavy atom. The molecule has 3 rings (SSSR count). The van der Waals surface area contributed by atoms with Gasteiger partial charge in [-0.2, -0.15) is 0 Å². The van der Waals surface area contributed by atoms with Gasteiger partial charge in [0.15, 0.2) is 0 Å². The van der Waals surface area contributed by atoms with Gasteiger partial charge in [0.05, 0.1) is 25.2 Å². The van der Waals surface area contributed by atoms with E-state index in [1.54, 1.807) is 19.1 Å². The van der Waals surface area contributed by atoms with E-state index in [1.807, 2.05) is 12.1 Å². The van der Waals surface area contributed by atoms with Crippen molar-refractivity contribution in [3.05, 3.63) is 35.5 Å². The molecule has 6 nitrogen and oxygen atoms in total. The molecule has 116 valence electrons. The van der Waals surface area contributed by atoms with E-state index in [4.69, 9.17) is 10.5 Å². The topological polar surface area (TPSA) is 92.9 Å². The second kappa shape index (κ2) is 5.14. The van der Waals surface area contributed by atoms with Crippen LogP contribution in [-0.4, -0.2) is 41.1 Å². The number of β-lactam (4-membered cyclic amide) rings is 1. The third-order valence-electron chi connectivity index (χ3n) is 4.37. The number of methoxy groups -OCH3 is 1. The first-order valence-corrected chi connectivity index (χ1v) is 7.14. The third-order valence-corrected chi connectivity index (χ3v) is 4.37. The summed E-state index contributed by atoms with van der Waals surface area (Å²) in [7, 11) is 1.29. The molecule has 3 N–H and O–H groups in total. The third kappa shape index (κ3) is 1.99. The van der Waals surface area contributed by atoms with Crippen molar-refractivity contribution in [1.82, 2.24) is 4.90 Å². The number of hydrogen-bond acceptors (Lipinski definition) is 5. The summed E-state index contributed by atoms with van der Waals surface area (Å²) in [6.45, 7) is 1.60. The van der Waals surface area contributed by atoms with Gasteiger partial charge in [-0.1, -0.05) is 12.1 Å². The number of aliphatic hydroxyl groups excluding tert-OH is 1. The summed E-state index contributed by atoms with van der Waals surface area (Å²) in [6.07, 6.45) is -0.214. The van der Waals surface area contributed by atoms with Crippen LogP contribution in [0.4, 0.5) is 5.69 Å². The smallest absolute Gasteiger partial charge is 0.355 e. The predicted octanol–water partition coefficient (Wildman–Crippen LogP) is 0.764. The largest absolute Gasteiger partial charge is 0.464 e. The first-order chi connectivity index (χ1) is 10.5. The lowest BCUT2D eigenvalue weighted by Crippen LogP contribution is -2.61. The highest BCUT2D eigenvalue weighted by molar-refractivity contribution is 6.06. The van der Waals surface area contributed by atoms with E-state index < -0.39 is 18.0 Å². The summed E-state index contributed by atoms with van der Waals surface area (Å²) in [4.78, 5) is 25.8. The Balaban J connectivity index is 2.03. The molecule has 0 spiro atoms. The van der Waals surface area contributed by atoms with Crippen LogP contribution in [0.15, 0.2) is 30.0 Å². The van der Waals surface area contributed by atoms with Crippen molar-refractivity contribution in [3.8, 4) is 0 Å². The fourth-order valence-electron chi connectivity index (χ4n) is 3.30. The number of carbonyl (C=O) groups is 2. The van der Waals surface area contributed by atoms with Gasteiger partial charge in [0.25, 0.3) is 0 Å². The monoisotopic (exact) mass is 302 g/mol. The molecule has 6 heteroatoms. The second-order valence-electron chi connectivity index (χ2n) is 5.69. The highest BCUT2D eigenvalue weighted by atomic mass is 16.5. The Hall–Kier alpha value is -2.34. The number of esters is 1. The van der Waals surface area contributed by atoms with E-state index in [0.717, 1.165) is 11.1 Å². The number of nitrogens with two attached hydrogens (primary N) is 1. The van der Waals surface area contributed by atoms with Gasteiger partial charge in [0, 0.05) is 5.69 Å². The first-order valence-electron chi connectivity index (χ1n) is 7.14. The van der Waals surface area contributed by atoms with Crippen molar-refractivity contribution in [3.63, 3.8) is 0 Å². The highest BCUT2D eigenvalue weighted by Crippen LogP contribution is 2.47. The van der Waals surface area contributed by atoms with Crippen LogP contribution >= 0.6 is 0 Å². The maximum absolute atomic E-state index is 12.3. The number of benzene rings is 1. The normalized spacial score (nSPS) is 24.9. The van der Waals surface area contributed by atoms with Crippen LogP contribution in [0, 0.1) is 5.92 Å². The predicted molar refractivity (Wildman–Crippen MR) is 80.2 cm³/mol. The fraction of sp³-hybridized carbons (Fsp3) is 0.375. The molecule has 1 amide bonds. The molecule has 0 radical (unpaired) electrons. The summed E-state index contributed by atoms with van der Waals surface area (Å²) >= 11 is 0. The molecular formula is C16H18N2O4. The van der Waals surface area contributed by atoms with Gasteiger partial charge in [-0.15, -0.1) is 0 Å². The average molecular weight is 302 g/mol. The zero-order valence-corrected chi connectivity index (χ0v) is 12.4. The van der Waals surface area contributed by atoms with Crippen molar-refractivity contribution < 1.29 is 19.4 Å². The van der Waals surface area contributed by atoms with E-state index in [9.17, 15) is 14.7 Å². The van der Waals surface area contributed by atoms with Crippen molar-refractivity contribution in [2.45, 2.75) is 25.5 Å². The number of carbonyl (C=O) groups excluding carboxylic acids is 2. The lowest BCUT2D eigenvalue weighted by Gasteiger charge is -2.44. The lowest BCUT2D eigenvalue weighted by atomic mass is 9.82. The standard InChI is InChI=1S/C16H18N2O4/c1-8(19)13-12-7-11(9-3-5-10(17)6-4-9)14(16(21)22-2)18(12)15(13)20/h3-6,8,12-13,19H,7,17H2,1-2H3/t8-,12-,13-/m1/s1. The maximum Gasteiger partial charge on any atom is 0.355 e. The van der Waals surface area contributed by atoms with Crippen LogP contribution in [-0.2, 0) is 14.3 Å². The quantitative estimate of drug-likeness (QED) is 0.488. The molecule has 0 bridgehead atoms. The highest BCUT2D eigenvalue weighted by Gasteiger charge is 2.56. The molecule has 0 aliphatic carbocycles. The molecular weight excluding hydrogens is 284 g/mol. The Kier molecular flexibility index (Phi) is 3.41. The van der Waals surface area contributed by atoms with Gasteiger partial charge in [-0.25, -0.2) is 4.79 Å². The Bertz CT molecular complexity index is 663. The molecule has 1 fully saturated rings. The number of amides is 1. The molecule has 1 aromatic rings. The van der Waals surface area contributed by atoms with Crippen LogP contribution < -0.4 is 5.73 Å². The number of hydrogen-bond donors (Lipinski definition) is 2. The molecule has 3 atom stereocenters. The number of nitrogens with zero attached hydrogens (tertiary/aromatic N) is 1. The van der Waals surface area contributed by atoms with Crippen LogP contribution in [0.2, 0.25) is 0 Å². The molecule has 1 aromatic carbocycles. The van der Waals surface area contributed by atoms with Gasteiger partial charge in [0.2, 0.25) is 5.91 Å². The minimum Gasteiger partial charge on any atom is -0.464 e. The summed E-state index contributed by atoms with van der Waals surface area (Å²) in [5.74, 6) is -1.23. The minimum atomic E-state index is -0.738. The molecule has 2 aliphatic heterocycles. The zero-order chi connectivity index (χ0) is 16.0. The molecule has 1 saturated heterocycles. The first kappa shape index (κ1) is 14.6. The van der Waals surface area contributed by atoms with Crippen molar-refractivity contribution in [2.24, 2.45) is 5.92 Å². The van der Waals surface area contributed by atoms with E-state index in [0.29, 0.717) is 12.1 Å². The van der Waals surface area contributed by atoms with Gasteiger partial charge >= 0.3 is 5.97 Å². The van der Waals surface area contributed by atoms with E-state index in [1.165, 1.54) is 12.0 Å². The minimum absolute atomic E-state index is 0.186. The Morgan fingerprint density at radius 1 is 1.41 bits per heavy atom. The lowest BCUT2D eigenvalue weighted by molar-refractivity contribution is -0.161. The average Bonchev–Trinajstić information content (AvgIpc) is 2.81. The van der Waals surface area contributed by atoms with Crippen molar-refractivity contribution >= 4 is 23.1 Å². The number of fused-ring (bicyclic) bond motifs is 1. The van der Waals surface area contributed by atoms with Crippen molar-refractivity contribution in [1.29, 1.82) is 0 Å². The number of nitrogen functional groups attached to an aromatic ring is 1. The van der Waals surface area contributed by atoms with E-state index in [2.05, 4.69) is 0 Å². The molecule has 2 heterocycles. The van der Waals surface area contributed by atoms with E-state index in [-0.39, 0.29) is 17.6 Å². The van der Waals surface area contributed by atoms with Crippen LogP contribution in [0.25, 0.3) is 5.57 Å². The van der Waals surface area contributed by atoms with Gasteiger partial charge < -0.3 is 20.5 Å². The number of rotatable bonds is 3. The van der Waals surface area contributed by atoms with Crippen LogP contribution in [0.3, 0.4) is 0 Å². The van der Waals surface area contributed by atoms with Crippen molar-refractivity contribution in [2.75, 3.05) is 12.8 Å². The Morgan fingerprint density at radius 2 is 2.05 bits per heavy atom. The van der Waals surface area contributed by atoms with E-state index >= 15 is 0 Å². The summed E-state index contributed by atoms with van der Waals surface area (Å²) in [5, 5.41) is 9.77. The number of anilines is 1. The summed E-state index contributed by atoms with van der Waals surface area (Å²) in [5.41, 5.74) is 8.19. The number of ether oxygens (including phenoxy) is 1. The second-order valence-corrected chi connectivity index (χ2v) is 5.69. The fourth-order valence-corrected chi connectivity index (χ4v) is 3.30. The van der Waals surface area contributed by atoms with Gasteiger partial charge in [-0.05, 0) is 36.6 Å². The van der Waals surface area contributed by atoms with Gasteiger partial charge in [0.1, 0.15) is 5.70 Å². The molecule has 22 heavy (non-hydrogen) atoms. The Labute approximate surface area is 128 Å². The van der Waals surface area contributed by atoms with Crippen LogP contribution in [0.1, 0.15) is 18.9 Å². The molecule has 2 aliphatic rings. The van der Waals surface area contributed by atoms with Gasteiger partial charge in [-0.3, -0.25) is 4.79 Å². The SMILES string of the molecule is COC(=O)C1=C(c2ccc(N)cc2)C[C@@H]2[C@@H]([C@@H](C)O)C(=O)N12. The maximum atomic E-state index is 12.3. The molecule has 0 saturated carbocycles. The molecule has 0 aromatic heterocycles. The van der Waals surface area contributed by atoms with Crippen LogP contribution in [0.5, 0.6) is 0 Å². The summed E-state index contributed by atoms with van der Waals surface area (Å²) in [6, 6.07) is 6.96. The number of aliphatic hydroxyl groups is 1.